The first-order valence-electron chi connectivity index (χ1n) is 6.90. The van der Waals surface area contributed by atoms with Crippen LogP contribution >= 0.6 is 34.4 Å². The van der Waals surface area contributed by atoms with Gasteiger partial charge in [0.05, 0.1) is 20.5 Å². The highest BCUT2D eigenvalue weighted by Crippen LogP contribution is 2.38. The Morgan fingerprint density at radius 1 is 1.26 bits per heavy atom. The SMILES string of the molecule is CSc1sc(C(=N)N)cc1Nc1nc(-c2ccccc2)c(C)s1. The molecule has 0 saturated heterocycles. The molecule has 0 bridgehead atoms. The predicted octanol–water partition coefficient (Wildman–Crippen LogP) is 4.93. The summed E-state index contributed by atoms with van der Waals surface area (Å²) in [4.78, 5) is 6.67. The second-order valence-corrected chi connectivity index (χ2v) is 8.17. The molecule has 0 spiro atoms. The van der Waals surface area contributed by atoms with E-state index in [0.29, 0.717) is 0 Å². The van der Waals surface area contributed by atoms with Gasteiger partial charge < -0.3 is 11.1 Å². The number of aromatic nitrogens is 1. The van der Waals surface area contributed by atoms with Gasteiger partial charge in [0.1, 0.15) is 5.84 Å². The fourth-order valence-corrected chi connectivity index (χ4v) is 4.66. The smallest absolute Gasteiger partial charge is 0.188 e. The molecule has 0 aliphatic heterocycles. The van der Waals surface area contributed by atoms with E-state index >= 15 is 0 Å². The van der Waals surface area contributed by atoms with Crippen LogP contribution in [0.3, 0.4) is 0 Å². The molecule has 3 rings (SSSR count). The zero-order valence-electron chi connectivity index (χ0n) is 12.7. The summed E-state index contributed by atoms with van der Waals surface area (Å²) in [6.07, 6.45) is 2.02. The highest BCUT2D eigenvalue weighted by atomic mass is 32.2. The molecule has 3 aromatic rings. The van der Waals surface area contributed by atoms with E-state index in [1.54, 1.807) is 23.1 Å². The number of amidine groups is 1. The van der Waals surface area contributed by atoms with Crippen molar-refractivity contribution in [2.45, 2.75) is 11.1 Å². The van der Waals surface area contributed by atoms with E-state index in [1.807, 2.05) is 30.5 Å². The number of anilines is 2. The molecular formula is C16H16N4S3. The van der Waals surface area contributed by atoms with Gasteiger partial charge in [-0.3, -0.25) is 5.41 Å². The number of thioether (sulfide) groups is 1. The molecule has 0 unspecified atom stereocenters. The normalized spacial score (nSPS) is 10.7. The number of benzene rings is 1. The molecule has 4 N–H and O–H groups in total. The van der Waals surface area contributed by atoms with Gasteiger partial charge in [0.2, 0.25) is 0 Å². The Bertz CT molecular complexity index is 836. The van der Waals surface area contributed by atoms with E-state index in [-0.39, 0.29) is 5.84 Å². The van der Waals surface area contributed by atoms with Crippen molar-refractivity contribution in [3.63, 3.8) is 0 Å². The molecule has 0 aliphatic rings. The molecule has 4 nitrogen and oxygen atoms in total. The van der Waals surface area contributed by atoms with E-state index in [0.717, 1.165) is 31.2 Å². The second-order valence-electron chi connectivity index (χ2n) is 4.84. The number of rotatable bonds is 5. The summed E-state index contributed by atoms with van der Waals surface area (Å²) < 4.78 is 1.10. The van der Waals surface area contributed by atoms with E-state index in [4.69, 9.17) is 16.1 Å². The lowest BCUT2D eigenvalue weighted by molar-refractivity contribution is 1.35. The molecule has 0 radical (unpaired) electrons. The Morgan fingerprint density at radius 3 is 2.65 bits per heavy atom. The Hall–Kier alpha value is -1.83. The van der Waals surface area contributed by atoms with Crippen molar-refractivity contribution in [2.24, 2.45) is 5.73 Å². The van der Waals surface area contributed by atoms with Crippen molar-refractivity contribution < 1.29 is 0 Å². The molecule has 2 aromatic heterocycles. The number of hydrogen-bond donors (Lipinski definition) is 3. The summed E-state index contributed by atoms with van der Waals surface area (Å²) in [5.74, 6) is 0.0960. The first kappa shape index (κ1) is 16.0. The highest BCUT2D eigenvalue weighted by molar-refractivity contribution is 8.00. The minimum Gasteiger partial charge on any atom is -0.383 e. The molecule has 1 aromatic carbocycles. The molecule has 0 saturated carbocycles. The number of nitrogens with two attached hydrogens (primary N) is 1. The summed E-state index contributed by atoms with van der Waals surface area (Å²) in [5, 5.41) is 11.8. The van der Waals surface area contributed by atoms with E-state index < -0.39 is 0 Å². The van der Waals surface area contributed by atoms with Crippen LogP contribution < -0.4 is 11.1 Å². The van der Waals surface area contributed by atoms with Crippen LogP contribution in [-0.2, 0) is 0 Å². The number of thiazole rings is 1. The Morgan fingerprint density at radius 2 is 2.00 bits per heavy atom. The van der Waals surface area contributed by atoms with Crippen molar-refractivity contribution in [3.05, 3.63) is 46.2 Å². The molecule has 0 fully saturated rings. The fraction of sp³-hybridized carbons (Fsp3) is 0.125. The summed E-state index contributed by atoms with van der Waals surface area (Å²) in [6, 6.07) is 12.1. The van der Waals surface area contributed by atoms with E-state index in [2.05, 4.69) is 24.4 Å². The van der Waals surface area contributed by atoms with Gasteiger partial charge in [-0.25, -0.2) is 4.98 Å². The third kappa shape index (κ3) is 3.41. The lowest BCUT2D eigenvalue weighted by atomic mass is 10.1. The van der Waals surface area contributed by atoms with Crippen molar-refractivity contribution in [2.75, 3.05) is 11.6 Å². The average molecular weight is 361 g/mol. The third-order valence-electron chi connectivity index (χ3n) is 3.23. The van der Waals surface area contributed by atoms with Crippen molar-refractivity contribution in [3.8, 4) is 11.3 Å². The predicted molar refractivity (Wildman–Crippen MR) is 103 cm³/mol. The van der Waals surface area contributed by atoms with Crippen molar-refractivity contribution >= 4 is 51.1 Å². The third-order valence-corrected chi connectivity index (χ3v) is 6.42. The lowest BCUT2D eigenvalue weighted by Gasteiger charge is -2.01. The highest BCUT2D eigenvalue weighted by Gasteiger charge is 2.14. The summed E-state index contributed by atoms with van der Waals surface area (Å²) in [7, 11) is 0. The molecule has 0 amide bonds. The van der Waals surface area contributed by atoms with Crippen molar-refractivity contribution in [1.82, 2.24) is 4.98 Å². The number of nitrogens with one attached hydrogen (secondary N) is 2. The van der Waals surface area contributed by atoms with Gasteiger partial charge in [0, 0.05) is 10.4 Å². The Labute approximate surface area is 147 Å². The standard InChI is InChI=1S/C16H16N4S3/c1-9-13(10-6-4-3-5-7-10)20-16(22-9)19-11-8-12(14(17)18)23-15(11)21-2/h3-8H,1-2H3,(H3,17,18)(H,19,20). The number of nitrogens with zero attached hydrogens (tertiary/aromatic N) is 1. The lowest BCUT2D eigenvalue weighted by Crippen LogP contribution is -2.08. The van der Waals surface area contributed by atoms with Gasteiger partial charge in [-0.15, -0.1) is 34.4 Å². The van der Waals surface area contributed by atoms with Crippen LogP contribution in [0.1, 0.15) is 9.75 Å². The largest absolute Gasteiger partial charge is 0.383 e. The maximum atomic E-state index is 7.59. The van der Waals surface area contributed by atoms with E-state index in [9.17, 15) is 0 Å². The van der Waals surface area contributed by atoms with Crippen LogP contribution in [0, 0.1) is 12.3 Å². The van der Waals surface area contributed by atoms with Crippen LogP contribution in [0.25, 0.3) is 11.3 Å². The molecular weight excluding hydrogens is 344 g/mol. The summed E-state index contributed by atoms with van der Waals surface area (Å²) >= 11 is 4.79. The van der Waals surface area contributed by atoms with Gasteiger partial charge in [-0.2, -0.15) is 0 Å². The molecule has 118 valence electrons. The maximum Gasteiger partial charge on any atom is 0.188 e. The maximum absolute atomic E-state index is 7.59. The van der Waals surface area contributed by atoms with E-state index in [1.165, 1.54) is 16.2 Å². The molecule has 0 atom stereocenters. The molecule has 7 heteroatoms. The number of aryl methyl sites for hydroxylation is 1. The summed E-state index contributed by atoms with van der Waals surface area (Å²) in [5.41, 5.74) is 8.68. The Kier molecular flexibility index (Phi) is 4.70. The van der Waals surface area contributed by atoms with Gasteiger partial charge in [0.15, 0.2) is 5.13 Å². The number of hydrogen-bond acceptors (Lipinski definition) is 6. The van der Waals surface area contributed by atoms with Gasteiger partial charge >= 0.3 is 0 Å². The summed E-state index contributed by atoms with van der Waals surface area (Å²) in [6.45, 7) is 2.08. The zero-order valence-corrected chi connectivity index (χ0v) is 15.2. The monoisotopic (exact) mass is 360 g/mol. The second kappa shape index (κ2) is 6.74. The topological polar surface area (TPSA) is 74.8 Å². The zero-order chi connectivity index (χ0) is 16.4. The number of nitrogen functional groups attached to an aromatic ring is 1. The minimum atomic E-state index is 0.0960. The van der Waals surface area contributed by atoms with Crippen LogP contribution in [-0.4, -0.2) is 17.1 Å². The van der Waals surface area contributed by atoms with Crippen molar-refractivity contribution in [1.29, 1.82) is 5.41 Å². The first-order chi connectivity index (χ1) is 11.1. The van der Waals surface area contributed by atoms with Gasteiger partial charge in [-0.1, -0.05) is 30.3 Å². The number of thiophene rings is 1. The van der Waals surface area contributed by atoms with Gasteiger partial charge in [0.25, 0.3) is 0 Å². The minimum absolute atomic E-state index is 0.0960. The van der Waals surface area contributed by atoms with Crippen LogP contribution in [0.4, 0.5) is 10.8 Å². The van der Waals surface area contributed by atoms with Crippen LogP contribution in [0.15, 0.2) is 40.6 Å². The van der Waals surface area contributed by atoms with Crippen LogP contribution in [0.5, 0.6) is 0 Å². The molecule has 23 heavy (non-hydrogen) atoms. The Balaban J connectivity index is 1.91. The van der Waals surface area contributed by atoms with Crippen LogP contribution in [0.2, 0.25) is 0 Å². The van der Waals surface area contributed by atoms with Gasteiger partial charge in [-0.05, 0) is 19.2 Å². The fourth-order valence-electron chi connectivity index (χ4n) is 2.17. The molecule has 0 aliphatic carbocycles. The quantitative estimate of drug-likeness (QED) is 0.343. The first-order valence-corrected chi connectivity index (χ1v) is 9.76. The average Bonchev–Trinajstić information content (AvgIpc) is 3.12. The molecule has 2 heterocycles.